The van der Waals surface area contributed by atoms with Crippen molar-refractivity contribution < 1.29 is 13.2 Å². The van der Waals surface area contributed by atoms with Crippen LogP contribution in [-0.2, 0) is 14.6 Å². The van der Waals surface area contributed by atoms with Crippen molar-refractivity contribution in [1.82, 2.24) is 0 Å². The highest BCUT2D eigenvalue weighted by Gasteiger charge is 2.36. The van der Waals surface area contributed by atoms with E-state index in [2.05, 4.69) is 0 Å². The summed E-state index contributed by atoms with van der Waals surface area (Å²) in [5, 5.41) is 0. The van der Waals surface area contributed by atoms with Gasteiger partial charge >= 0.3 is 0 Å². The van der Waals surface area contributed by atoms with E-state index < -0.39 is 15.3 Å². The second kappa shape index (κ2) is 5.38. The lowest BCUT2D eigenvalue weighted by molar-refractivity contribution is 0.0871. The van der Waals surface area contributed by atoms with E-state index in [1.165, 1.54) is 0 Å². The molecule has 0 saturated carbocycles. The average molecular weight is 288 g/mol. The molecular formula is C16H16O3S. The van der Waals surface area contributed by atoms with E-state index in [0.717, 1.165) is 12.0 Å². The summed E-state index contributed by atoms with van der Waals surface area (Å²) in [6.45, 7) is 0. The van der Waals surface area contributed by atoms with Crippen molar-refractivity contribution in [2.24, 2.45) is 0 Å². The Bertz CT molecular complexity index is 665. The number of ether oxygens (including phenoxy) is 1. The molecule has 1 aliphatic heterocycles. The largest absolute Gasteiger partial charge is 0.354 e. The van der Waals surface area contributed by atoms with Gasteiger partial charge in [0.25, 0.3) is 0 Å². The van der Waals surface area contributed by atoms with Crippen LogP contribution < -0.4 is 0 Å². The Morgan fingerprint density at radius 2 is 1.45 bits per heavy atom. The summed E-state index contributed by atoms with van der Waals surface area (Å²) < 4.78 is 30.8. The second-order valence-corrected chi connectivity index (χ2v) is 6.99. The smallest absolute Gasteiger partial charge is 0.205 e. The van der Waals surface area contributed by atoms with Crippen molar-refractivity contribution in [1.29, 1.82) is 0 Å². The van der Waals surface area contributed by atoms with Crippen LogP contribution in [0, 0.1) is 0 Å². The fourth-order valence-corrected chi connectivity index (χ4v) is 4.08. The monoisotopic (exact) mass is 288 g/mol. The molecule has 0 N–H and O–H groups in total. The maximum absolute atomic E-state index is 12.5. The molecule has 0 spiro atoms. The van der Waals surface area contributed by atoms with Crippen molar-refractivity contribution in [2.75, 3.05) is 0 Å². The predicted molar refractivity (Wildman–Crippen MR) is 76.9 cm³/mol. The van der Waals surface area contributed by atoms with E-state index in [1.807, 2.05) is 30.3 Å². The fraction of sp³-hybridized carbons (Fsp3) is 0.250. The molecule has 20 heavy (non-hydrogen) atoms. The van der Waals surface area contributed by atoms with Crippen LogP contribution in [0.5, 0.6) is 0 Å². The van der Waals surface area contributed by atoms with Gasteiger partial charge in [0.1, 0.15) is 0 Å². The Morgan fingerprint density at radius 1 is 0.850 bits per heavy atom. The molecule has 1 saturated heterocycles. The molecular weight excluding hydrogens is 272 g/mol. The Labute approximate surface area is 119 Å². The minimum Gasteiger partial charge on any atom is -0.354 e. The van der Waals surface area contributed by atoms with Gasteiger partial charge in [-0.3, -0.25) is 0 Å². The van der Waals surface area contributed by atoms with Gasteiger partial charge in [-0.15, -0.1) is 0 Å². The Hall–Kier alpha value is -1.65. The number of hydrogen-bond acceptors (Lipinski definition) is 3. The van der Waals surface area contributed by atoms with Crippen LogP contribution in [0.25, 0.3) is 0 Å². The minimum atomic E-state index is -3.40. The van der Waals surface area contributed by atoms with Gasteiger partial charge in [-0.05, 0) is 30.5 Å². The highest BCUT2D eigenvalue weighted by molar-refractivity contribution is 7.92. The van der Waals surface area contributed by atoms with Crippen molar-refractivity contribution in [3.63, 3.8) is 0 Å². The first-order valence-corrected chi connectivity index (χ1v) is 8.22. The summed E-state index contributed by atoms with van der Waals surface area (Å²) in [5.41, 5.74) is 0.299. The zero-order chi connectivity index (χ0) is 14.0. The molecule has 2 aromatic carbocycles. The van der Waals surface area contributed by atoms with Crippen LogP contribution in [0.3, 0.4) is 0 Å². The van der Waals surface area contributed by atoms with Crippen LogP contribution in [-0.4, -0.2) is 13.9 Å². The molecule has 2 atom stereocenters. The van der Waals surface area contributed by atoms with E-state index in [9.17, 15) is 8.42 Å². The Morgan fingerprint density at radius 3 is 2.10 bits per heavy atom. The highest BCUT2D eigenvalue weighted by atomic mass is 32.2. The van der Waals surface area contributed by atoms with Crippen molar-refractivity contribution in [3.05, 3.63) is 66.2 Å². The van der Waals surface area contributed by atoms with Crippen LogP contribution in [0.2, 0.25) is 0 Å². The van der Waals surface area contributed by atoms with Gasteiger partial charge in [0.2, 0.25) is 9.84 Å². The molecule has 1 fully saturated rings. The average Bonchev–Trinajstić information content (AvgIpc) is 3.00. The van der Waals surface area contributed by atoms with Gasteiger partial charge in [-0.25, -0.2) is 8.42 Å². The summed E-state index contributed by atoms with van der Waals surface area (Å²) in [6, 6.07) is 18.3. The quantitative estimate of drug-likeness (QED) is 0.870. The Balaban J connectivity index is 1.81. The molecule has 4 heteroatoms. The molecule has 0 aromatic heterocycles. The second-order valence-electron chi connectivity index (χ2n) is 4.90. The molecule has 3 nitrogen and oxygen atoms in total. The van der Waals surface area contributed by atoms with Crippen molar-refractivity contribution >= 4 is 9.84 Å². The lowest BCUT2D eigenvalue weighted by Crippen LogP contribution is -2.20. The fourth-order valence-electron chi connectivity index (χ4n) is 2.51. The third-order valence-corrected chi connectivity index (χ3v) is 5.54. The van der Waals surface area contributed by atoms with Crippen LogP contribution in [0.15, 0.2) is 65.6 Å². The molecule has 104 valence electrons. The first-order valence-electron chi connectivity index (χ1n) is 6.67. The van der Waals surface area contributed by atoms with Gasteiger partial charge in [0, 0.05) is 0 Å². The molecule has 3 rings (SSSR count). The minimum absolute atomic E-state index is 0.125. The van der Waals surface area contributed by atoms with E-state index in [1.54, 1.807) is 30.3 Å². The topological polar surface area (TPSA) is 43.4 Å². The summed E-state index contributed by atoms with van der Waals surface area (Å²) >= 11 is 0. The first kappa shape index (κ1) is 13.3. The molecule has 0 unspecified atom stereocenters. The van der Waals surface area contributed by atoms with E-state index in [-0.39, 0.29) is 6.10 Å². The molecule has 0 aliphatic carbocycles. The molecule has 1 heterocycles. The van der Waals surface area contributed by atoms with E-state index in [4.69, 9.17) is 4.74 Å². The molecule has 1 aliphatic rings. The summed E-state index contributed by atoms with van der Waals surface area (Å²) in [4.78, 5) is 0.332. The maximum Gasteiger partial charge on any atom is 0.205 e. The number of rotatable bonds is 3. The molecule has 0 amide bonds. The first-order chi connectivity index (χ1) is 9.68. The van der Waals surface area contributed by atoms with Crippen LogP contribution in [0.4, 0.5) is 0 Å². The number of benzene rings is 2. The van der Waals surface area contributed by atoms with Gasteiger partial charge in [0.15, 0.2) is 5.44 Å². The molecule has 0 bridgehead atoms. The summed E-state index contributed by atoms with van der Waals surface area (Å²) in [6.07, 6.45) is 1.15. The van der Waals surface area contributed by atoms with Gasteiger partial charge in [-0.2, -0.15) is 0 Å². The predicted octanol–water partition coefficient (Wildman–Crippen LogP) is 3.34. The van der Waals surface area contributed by atoms with E-state index in [0.29, 0.717) is 11.3 Å². The zero-order valence-electron chi connectivity index (χ0n) is 11.0. The van der Waals surface area contributed by atoms with Gasteiger partial charge in [0.05, 0.1) is 11.0 Å². The van der Waals surface area contributed by atoms with Gasteiger partial charge in [-0.1, -0.05) is 48.5 Å². The summed E-state index contributed by atoms with van der Waals surface area (Å²) in [7, 11) is -3.40. The van der Waals surface area contributed by atoms with Crippen molar-refractivity contribution in [3.8, 4) is 0 Å². The normalized spacial score (nSPS) is 22.8. The van der Waals surface area contributed by atoms with Gasteiger partial charge < -0.3 is 4.74 Å². The van der Waals surface area contributed by atoms with Crippen LogP contribution in [0.1, 0.15) is 24.5 Å². The summed E-state index contributed by atoms with van der Waals surface area (Å²) in [5.74, 6) is 0. The van der Waals surface area contributed by atoms with E-state index >= 15 is 0 Å². The third kappa shape index (κ3) is 2.49. The lowest BCUT2D eigenvalue weighted by atomic mass is 10.1. The number of hydrogen-bond donors (Lipinski definition) is 0. The highest BCUT2D eigenvalue weighted by Crippen LogP contribution is 2.36. The SMILES string of the molecule is O=S(=O)(c1ccccc1)[C@@H]1CC[C@H](c2ccccc2)O1. The van der Waals surface area contributed by atoms with Crippen LogP contribution >= 0.6 is 0 Å². The molecule has 0 radical (unpaired) electrons. The Kier molecular flexibility index (Phi) is 3.59. The lowest BCUT2D eigenvalue weighted by Gasteiger charge is -2.14. The number of sulfone groups is 1. The maximum atomic E-state index is 12.5. The standard InChI is InChI=1S/C16H16O3S/c17-20(18,14-9-5-2-6-10-14)16-12-11-15(19-16)13-7-3-1-4-8-13/h1-10,15-16H,11-12H2/t15-,16-/m1/s1. The van der Waals surface area contributed by atoms with Crippen molar-refractivity contribution in [2.45, 2.75) is 29.3 Å². The molecule has 2 aromatic rings. The third-order valence-electron chi connectivity index (χ3n) is 3.57. The zero-order valence-corrected chi connectivity index (χ0v) is 11.8.